The number of anilines is 1. The van der Waals surface area contributed by atoms with Crippen LogP contribution in [0, 0.1) is 0 Å². The molecule has 14 heavy (non-hydrogen) atoms. The summed E-state index contributed by atoms with van der Waals surface area (Å²) in [6, 6.07) is 2.37. The third-order valence-electron chi connectivity index (χ3n) is 2.66. The Hall–Kier alpha value is -1.03. The minimum Gasteiger partial charge on any atom is -0.363 e. The second-order valence-corrected chi connectivity index (χ2v) is 3.98. The number of likely N-dealkylation sites (tertiary alicyclic amines) is 1. The molecule has 4 nitrogen and oxygen atoms in total. The SMILES string of the molecule is CN1CCCCC(Nc2ccon2)C1. The summed E-state index contributed by atoms with van der Waals surface area (Å²) in [5.41, 5.74) is 0. The first-order valence-corrected chi connectivity index (χ1v) is 5.20. The van der Waals surface area contributed by atoms with E-state index in [1.54, 1.807) is 6.26 Å². The second kappa shape index (κ2) is 4.46. The summed E-state index contributed by atoms with van der Waals surface area (Å²) in [7, 11) is 2.17. The predicted molar refractivity (Wildman–Crippen MR) is 55.3 cm³/mol. The molecule has 0 saturated carbocycles. The number of aromatic nitrogens is 1. The molecule has 78 valence electrons. The number of likely N-dealkylation sites (N-methyl/N-ethyl adjacent to an activating group) is 1. The van der Waals surface area contributed by atoms with Gasteiger partial charge in [0.1, 0.15) is 6.26 Å². The fourth-order valence-corrected chi connectivity index (χ4v) is 1.95. The molecule has 1 unspecified atom stereocenters. The highest BCUT2D eigenvalue weighted by Gasteiger charge is 2.15. The number of hydrogen-bond acceptors (Lipinski definition) is 4. The number of nitrogens with zero attached hydrogens (tertiary/aromatic N) is 2. The minimum absolute atomic E-state index is 0.507. The molecule has 1 aliphatic heterocycles. The molecular weight excluding hydrogens is 178 g/mol. The summed E-state index contributed by atoms with van der Waals surface area (Å²) in [5, 5.41) is 7.25. The molecule has 1 fully saturated rings. The Morgan fingerprint density at radius 3 is 3.29 bits per heavy atom. The first-order chi connectivity index (χ1) is 6.84. The molecule has 1 aromatic rings. The van der Waals surface area contributed by atoms with E-state index in [-0.39, 0.29) is 0 Å². The minimum atomic E-state index is 0.507. The Bertz CT molecular complexity index is 260. The smallest absolute Gasteiger partial charge is 0.169 e. The van der Waals surface area contributed by atoms with Gasteiger partial charge in [0.2, 0.25) is 0 Å². The van der Waals surface area contributed by atoms with Gasteiger partial charge in [0.15, 0.2) is 5.82 Å². The van der Waals surface area contributed by atoms with Crippen LogP contribution in [0.25, 0.3) is 0 Å². The van der Waals surface area contributed by atoms with E-state index in [1.165, 1.54) is 25.8 Å². The van der Waals surface area contributed by atoms with Crippen molar-refractivity contribution in [1.82, 2.24) is 10.1 Å². The van der Waals surface area contributed by atoms with Crippen LogP contribution in [0.1, 0.15) is 19.3 Å². The molecule has 2 heterocycles. The van der Waals surface area contributed by atoms with Crippen LogP contribution in [0.4, 0.5) is 5.82 Å². The van der Waals surface area contributed by atoms with Crippen LogP contribution in [0.3, 0.4) is 0 Å². The lowest BCUT2D eigenvalue weighted by Gasteiger charge is -2.20. The Morgan fingerprint density at radius 2 is 2.50 bits per heavy atom. The molecule has 1 N–H and O–H groups in total. The number of rotatable bonds is 2. The highest BCUT2D eigenvalue weighted by atomic mass is 16.5. The second-order valence-electron chi connectivity index (χ2n) is 3.98. The van der Waals surface area contributed by atoms with Gasteiger partial charge in [-0.15, -0.1) is 0 Å². The van der Waals surface area contributed by atoms with Gasteiger partial charge in [-0.1, -0.05) is 11.6 Å². The first kappa shape index (κ1) is 9.52. The summed E-state index contributed by atoms with van der Waals surface area (Å²) in [6.45, 7) is 2.30. The zero-order chi connectivity index (χ0) is 9.80. The quantitative estimate of drug-likeness (QED) is 0.777. The molecule has 1 aliphatic rings. The highest BCUT2D eigenvalue weighted by molar-refractivity contribution is 5.32. The van der Waals surface area contributed by atoms with Gasteiger partial charge in [0, 0.05) is 18.7 Å². The predicted octanol–water partition coefficient (Wildman–Crippen LogP) is 1.57. The van der Waals surface area contributed by atoms with Gasteiger partial charge in [-0.05, 0) is 26.4 Å². The number of nitrogens with one attached hydrogen (secondary N) is 1. The largest absolute Gasteiger partial charge is 0.363 e. The van der Waals surface area contributed by atoms with Crippen LogP contribution in [0.5, 0.6) is 0 Å². The van der Waals surface area contributed by atoms with Crippen LogP contribution in [0.15, 0.2) is 16.9 Å². The lowest BCUT2D eigenvalue weighted by atomic mass is 10.1. The maximum atomic E-state index is 4.79. The molecule has 0 radical (unpaired) electrons. The van der Waals surface area contributed by atoms with E-state index >= 15 is 0 Å². The molecule has 1 atom stereocenters. The van der Waals surface area contributed by atoms with Gasteiger partial charge >= 0.3 is 0 Å². The Balaban J connectivity index is 1.90. The van der Waals surface area contributed by atoms with Crippen molar-refractivity contribution in [2.24, 2.45) is 0 Å². The van der Waals surface area contributed by atoms with E-state index in [9.17, 15) is 0 Å². The zero-order valence-electron chi connectivity index (χ0n) is 8.57. The zero-order valence-corrected chi connectivity index (χ0v) is 8.57. The van der Waals surface area contributed by atoms with Crippen LogP contribution in [-0.2, 0) is 0 Å². The van der Waals surface area contributed by atoms with Crippen molar-refractivity contribution in [3.8, 4) is 0 Å². The summed E-state index contributed by atoms with van der Waals surface area (Å²) in [5.74, 6) is 0.852. The van der Waals surface area contributed by atoms with E-state index in [0.29, 0.717) is 6.04 Å². The fraction of sp³-hybridized carbons (Fsp3) is 0.700. The maximum Gasteiger partial charge on any atom is 0.169 e. The van der Waals surface area contributed by atoms with Gasteiger partial charge in [-0.25, -0.2) is 0 Å². The van der Waals surface area contributed by atoms with Crippen molar-refractivity contribution in [3.63, 3.8) is 0 Å². The summed E-state index contributed by atoms with van der Waals surface area (Å²) < 4.78 is 4.79. The van der Waals surface area contributed by atoms with Crippen LogP contribution in [-0.4, -0.2) is 36.2 Å². The van der Waals surface area contributed by atoms with Crippen LogP contribution >= 0.6 is 0 Å². The maximum absolute atomic E-state index is 4.79. The lowest BCUT2D eigenvalue weighted by molar-refractivity contribution is 0.338. The van der Waals surface area contributed by atoms with E-state index in [1.807, 2.05) is 6.07 Å². The van der Waals surface area contributed by atoms with E-state index < -0.39 is 0 Å². The van der Waals surface area contributed by atoms with Gasteiger partial charge < -0.3 is 14.7 Å². The average Bonchev–Trinajstić information content (AvgIpc) is 2.56. The lowest BCUT2D eigenvalue weighted by Crippen LogP contribution is -2.32. The van der Waals surface area contributed by atoms with Crippen molar-refractivity contribution in [2.75, 3.05) is 25.5 Å². The average molecular weight is 195 g/mol. The first-order valence-electron chi connectivity index (χ1n) is 5.20. The van der Waals surface area contributed by atoms with Gasteiger partial charge in [0.05, 0.1) is 0 Å². The molecule has 0 bridgehead atoms. The fourth-order valence-electron chi connectivity index (χ4n) is 1.95. The van der Waals surface area contributed by atoms with E-state index in [2.05, 4.69) is 22.4 Å². The van der Waals surface area contributed by atoms with Crippen molar-refractivity contribution in [2.45, 2.75) is 25.3 Å². The molecule has 0 amide bonds. The van der Waals surface area contributed by atoms with Gasteiger partial charge in [-0.3, -0.25) is 0 Å². The van der Waals surface area contributed by atoms with E-state index in [0.717, 1.165) is 12.4 Å². The van der Waals surface area contributed by atoms with Crippen molar-refractivity contribution < 1.29 is 4.52 Å². The van der Waals surface area contributed by atoms with Crippen LogP contribution < -0.4 is 5.32 Å². The monoisotopic (exact) mass is 195 g/mol. The summed E-state index contributed by atoms with van der Waals surface area (Å²) in [4.78, 5) is 2.37. The molecule has 0 spiro atoms. The molecule has 2 rings (SSSR count). The Morgan fingerprint density at radius 1 is 1.57 bits per heavy atom. The van der Waals surface area contributed by atoms with Crippen LogP contribution in [0.2, 0.25) is 0 Å². The normalized spacial score (nSPS) is 24.5. The summed E-state index contributed by atoms with van der Waals surface area (Å²) in [6.07, 6.45) is 5.41. The number of hydrogen-bond donors (Lipinski definition) is 1. The van der Waals surface area contributed by atoms with Crippen molar-refractivity contribution in [3.05, 3.63) is 12.3 Å². The van der Waals surface area contributed by atoms with Gasteiger partial charge in [-0.2, -0.15) is 0 Å². The molecular formula is C10H17N3O. The topological polar surface area (TPSA) is 41.3 Å². The Kier molecular flexibility index (Phi) is 3.03. The summed E-state index contributed by atoms with van der Waals surface area (Å²) >= 11 is 0. The van der Waals surface area contributed by atoms with Gasteiger partial charge in [0.25, 0.3) is 0 Å². The van der Waals surface area contributed by atoms with E-state index in [4.69, 9.17) is 4.52 Å². The molecule has 1 aromatic heterocycles. The highest BCUT2D eigenvalue weighted by Crippen LogP contribution is 2.13. The molecule has 0 aromatic carbocycles. The van der Waals surface area contributed by atoms with Crippen molar-refractivity contribution in [1.29, 1.82) is 0 Å². The molecule has 1 saturated heterocycles. The third-order valence-corrected chi connectivity index (χ3v) is 2.66. The Labute approximate surface area is 84.3 Å². The molecule has 0 aliphatic carbocycles. The standard InChI is InChI=1S/C10H17N3O/c1-13-6-3-2-4-9(8-13)11-10-5-7-14-12-10/h5,7,9H,2-4,6,8H2,1H3,(H,11,12). The molecule has 4 heteroatoms. The van der Waals surface area contributed by atoms with Crippen molar-refractivity contribution >= 4 is 5.82 Å². The third kappa shape index (κ3) is 2.48.